The zero-order valence-corrected chi connectivity index (χ0v) is 14.5. The van der Waals surface area contributed by atoms with E-state index in [0.29, 0.717) is 16.9 Å². The molecule has 2 aromatic rings. The van der Waals surface area contributed by atoms with Crippen molar-refractivity contribution in [2.24, 2.45) is 0 Å². The fraction of sp³-hybridized carbons (Fsp3) is 0.278. The summed E-state index contributed by atoms with van der Waals surface area (Å²) in [4.78, 5) is 22.3. The molecule has 2 atom stereocenters. The molecule has 2 aromatic carbocycles. The molecule has 8 heteroatoms. The third-order valence-corrected chi connectivity index (χ3v) is 3.89. The third-order valence-electron chi connectivity index (χ3n) is 3.89. The van der Waals surface area contributed by atoms with Gasteiger partial charge in [0.2, 0.25) is 0 Å². The first-order chi connectivity index (χ1) is 12.4. The minimum Gasteiger partial charge on any atom is -0.497 e. The number of hydrogen-bond donors (Lipinski definition) is 3. The second-order valence-electron chi connectivity index (χ2n) is 5.72. The fourth-order valence-electron chi connectivity index (χ4n) is 2.37. The van der Waals surface area contributed by atoms with Gasteiger partial charge in [0.15, 0.2) is 0 Å². The Morgan fingerprint density at radius 1 is 1.23 bits per heavy atom. The van der Waals surface area contributed by atoms with Gasteiger partial charge in [-0.25, -0.2) is 4.79 Å². The molecule has 0 aliphatic carbocycles. The smallest absolute Gasteiger partial charge is 0.315 e. The largest absolute Gasteiger partial charge is 0.497 e. The lowest BCUT2D eigenvalue weighted by Crippen LogP contribution is -2.39. The molecular weight excluding hydrogens is 338 g/mol. The van der Waals surface area contributed by atoms with Gasteiger partial charge in [-0.2, -0.15) is 0 Å². The van der Waals surface area contributed by atoms with Gasteiger partial charge in [0, 0.05) is 18.7 Å². The van der Waals surface area contributed by atoms with Crippen molar-refractivity contribution < 1.29 is 19.6 Å². The fourth-order valence-corrected chi connectivity index (χ4v) is 2.37. The van der Waals surface area contributed by atoms with Crippen LogP contribution in [0.1, 0.15) is 30.2 Å². The Balaban J connectivity index is 1.87. The highest BCUT2D eigenvalue weighted by molar-refractivity contribution is 5.74. The van der Waals surface area contributed by atoms with Crippen molar-refractivity contribution in [2.45, 2.75) is 19.1 Å². The van der Waals surface area contributed by atoms with Gasteiger partial charge in [0.25, 0.3) is 5.69 Å². The number of carbonyl (C=O) groups is 1. The molecule has 2 unspecified atom stereocenters. The molecular formula is C18H21N3O5. The second kappa shape index (κ2) is 8.82. The number of ether oxygens (including phenoxy) is 1. The number of nitro benzene ring substituents is 1. The van der Waals surface area contributed by atoms with Crippen LogP contribution in [0.5, 0.6) is 5.75 Å². The average Bonchev–Trinajstić information content (AvgIpc) is 2.66. The molecule has 0 aliphatic heterocycles. The summed E-state index contributed by atoms with van der Waals surface area (Å²) in [6.07, 6.45) is -0.861. The van der Waals surface area contributed by atoms with Gasteiger partial charge in [-0.05, 0) is 30.2 Å². The zero-order valence-electron chi connectivity index (χ0n) is 14.5. The van der Waals surface area contributed by atoms with Gasteiger partial charge in [-0.15, -0.1) is 0 Å². The summed E-state index contributed by atoms with van der Waals surface area (Å²) >= 11 is 0. The summed E-state index contributed by atoms with van der Waals surface area (Å²) in [6.45, 7) is 1.75. The summed E-state index contributed by atoms with van der Waals surface area (Å²) in [5, 5.41) is 26.2. The Kier molecular flexibility index (Phi) is 6.51. The van der Waals surface area contributed by atoms with Crippen LogP contribution in [0.15, 0.2) is 48.5 Å². The van der Waals surface area contributed by atoms with Crippen molar-refractivity contribution in [3.05, 3.63) is 69.8 Å². The number of urea groups is 1. The first-order valence-electron chi connectivity index (χ1n) is 8.01. The molecule has 0 fully saturated rings. The van der Waals surface area contributed by atoms with Crippen LogP contribution >= 0.6 is 0 Å². The number of rotatable bonds is 7. The number of hydrogen-bond acceptors (Lipinski definition) is 5. The molecule has 8 nitrogen and oxygen atoms in total. The van der Waals surface area contributed by atoms with E-state index in [4.69, 9.17) is 4.74 Å². The highest BCUT2D eigenvalue weighted by Crippen LogP contribution is 2.19. The number of benzene rings is 2. The molecule has 0 saturated heterocycles. The lowest BCUT2D eigenvalue weighted by Gasteiger charge is -2.17. The van der Waals surface area contributed by atoms with E-state index in [1.807, 2.05) is 0 Å². The first-order valence-corrected chi connectivity index (χ1v) is 8.01. The van der Waals surface area contributed by atoms with Gasteiger partial charge in [-0.1, -0.05) is 24.3 Å². The third kappa shape index (κ3) is 5.18. The van der Waals surface area contributed by atoms with Crippen molar-refractivity contribution in [1.82, 2.24) is 10.6 Å². The van der Waals surface area contributed by atoms with Crippen molar-refractivity contribution in [2.75, 3.05) is 13.7 Å². The number of aliphatic hydroxyl groups excluding tert-OH is 1. The van der Waals surface area contributed by atoms with Gasteiger partial charge in [0.05, 0.1) is 24.2 Å². The molecule has 0 heterocycles. The van der Waals surface area contributed by atoms with E-state index in [2.05, 4.69) is 10.6 Å². The number of aliphatic hydroxyl groups is 1. The maximum atomic E-state index is 12.0. The molecule has 0 saturated carbocycles. The zero-order chi connectivity index (χ0) is 19.1. The quantitative estimate of drug-likeness (QED) is 0.519. The molecule has 2 amide bonds. The van der Waals surface area contributed by atoms with E-state index in [0.717, 1.165) is 0 Å². The highest BCUT2D eigenvalue weighted by atomic mass is 16.6. The topological polar surface area (TPSA) is 114 Å². The first kappa shape index (κ1) is 19.2. The SMILES string of the molecule is COc1ccc(C(O)CNC(=O)NC(C)c2cccc([N+](=O)[O-])c2)cc1. The summed E-state index contributed by atoms with van der Waals surface area (Å²) in [5.74, 6) is 0.678. The van der Waals surface area contributed by atoms with E-state index in [1.165, 1.54) is 12.1 Å². The minimum absolute atomic E-state index is 0.0276. The van der Waals surface area contributed by atoms with Crippen LogP contribution in [-0.4, -0.2) is 29.7 Å². The van der Waals surface area contributed by atoms with Gasteiger partial charge < -0.3 is 20.5 Å². The number of amides is 2. The lowest BCUT2D eigenvalue weighted by atomic mass is 10.1. The van der Waals surface area contributed by atoms with Crippen molar-refractivity contribution in [3.63, 3.8) is 0 Å². The van der Waals surface area contributed by atoms with E-state index >= 15 is 0 Å². The number of non-ortho nitro benzene ring substituents is 1. The highest BCUT2D eigenvalue weighted by Gasteiger charge is 2.14. The summed E-state index contributed by atoms with van der Waals surface area (Å²) in [5.41, 5.74) is 1.23. The number of methoxy groups -OCH3 is 1. The van der Waals surface area contributed by atoms with Crippen LogP contribution in [0, 0.1) is 10.1 Å². The standard InChI is InChI=1S/C18H21N3O5/c1-12(14-4-3-5-15(10-14)21(24)25)20-18(23)19-11-17(22)13-6-8-16(26-2)9-7-13/h3-10,12,17,22H,11H2,1-2H3,(H2,19,20,23). The predicted molar refractivity (Wildman–Crippen MR) is 96.0 cm³/mol. The van der Waals surface area contributed by atoms with Gasteiger partial charge in [0.1, 0.15) is 5.75 Å². The molecule has 138 valence electrons. The van der Waals surface area contributed by atoms with Crippen LogP contribution < -0.4 is 15.4 Å². The van der Waals surface area contributed by atoms with E-state index in [1.54, 1.807) is 50.4 Å². The molecule has 26 heavy (non-hydrogen) atoms. The van der Waals surface area contributed by atoms with E-state index in [-0.39, 0.29) is 12.2 Å². The summed E-state index contributed by atoms with van der Waals surface area (Å²) < 4.78 is 5.05. The molecule has 0 spiro atoms. The van der Waals surface area contributed by atoms with Crippen molar-refractivity contribution in [3.8, 4) is 5.75 Å². The Morgan fingerprint density at radius 2 is 1.92 bits per heavy atom. The molecule has 0 radical (unpaired) electrons. The summed E-state index contributed by atoms with van der Waals surface area (Å²) in [7, 11) is 1.56. The number of nitrogens with one attached hydrogen (secondary N) is 2. The Labute approximate surface area is 151 Å². The van der Waals surface area contributed by atoms with E-state index < -0.39 is 23.1 Å². The van der Waals surface area contributed by atoms with Crippen LogP contribution in [0.2, 0.25) is 0 Å². The predicted octanol–water partition coefficient (Wildman–Crippen LogP) is 2.70. The van der Waals surface area contributed by atoms with E-state index in [9.17, 15) is 20.0 Å². The van der Waals surface area contributed by atoms with Gasteiger partial charge >= 0.3 is 6.03 Å². The molecule has 0 aliphatic rings. The maximum absolute atomic E-state index is 12.0. The van der Waals surface area contributed by atoms with Crippen LogP contribution in [0.4, 0.5) is 10.5 Å². The average molecular weight is 359 g/mol. The van der Waals surface area contributed by atoms with Crippen molar-refractivity contribution in [1.29, 1.82) is 0 Å². The Bertz CT molecular complexity index is 764. The summed E-state index contributed by atoms with van der Waals surface area (Å²) in [6, 6.07) is 12.1. The normalized spacial score (nSPS) is 12.7. The second-order valence-corrected chi connectivity index (χ2v) is 5.72. The number of nitrogens with zero attached hydrogens (tertiary/aromatic N) is 1. The van der Waals surface area contributed by atoms with Crippen LogP contribution in [0.3, 0.4) is 0 Å². The van der Waals surface area contributed by atoms with Crippen LogP contribution in [-0.2, 0) is 0 Å². The van der Waals surface area contributed by atoms with Crippen LogP contribution in [0.25, 0.3) is 0 Å². The lowest BCUT2D eigenvalue weighted by molar-refractivity contribution is -0.384. The maximum Gasteiger partial charge on any atom is 0.315 e. The number of carbonyl (C=O) groups excluding carboxylic acids is 1. The number of nitro groups is 1. The molecule has 0 bridgehead atoms. The van der Waals surface area contributed by atoms with Gasteiger partial charge in [-0.3, -0.25) is 10.1 Å². The Hall–Kier alpha value is -3.13. The monoisotopic (exact) mass is 359 g/mol. The Morgan fingerprint density at radius 3 is 2.54 bits per heavy atom. The molecule has 3 N–H and O–H groups in total. The van der Waals surface area contributed by atoms with Crippen molar-refractivity contribution >= 4 is 11.7 Å². The molecule has 0 aromatic heterocycles. The molecule has 2 rings (SSSR count). The minimum atomic E-state index is -0.861.